The fourth-order valence-corrected chi connectivity index (χ4v) is 4.62. The molecule has 3 aromatic rings. The Morgan fingerprint density at radius 1 is 1.12 bits per heavy atom. The molecule has 0 bridgehead atoms. The molecule has 2 aromatic carbocycles. The van der Waals surface area contributed by atoms with Crippen molar-refractivity contribution >= 4 is 50.8 Å². The van der Waals surface area contributed by atoms with E-state index in [4.69, 9.17) is 21.1 Å². The van der Waals surface area contributed by atoms with Gasteiger partial charge in [0.05, 0.1) is 14.2 Å². The highest BCUT2D eigenvalue weighted by Gasteiger charge is 2.21. The molecule has 0 amide bonds. The van der Waals surface area contributed by atoms with E-state index in [-0.39, 0.29) is 0 Å². The summed E-state index contributed by atoms with van der Waals surface area (Å²) in [7, 11) is 3.11. The van der Waals surface area contributed by atoms with Crippen LogP contribution in [0, 0.1) is 0 Å². The molecule has 0 spiro atoms. The summed E-state index contributed by atoms with van der Waals surface area (Å²) in [6.45, 7) is 0. The van der Waals surface area contributed by atoms with Crippen LogP contribution in [0.3, 0.4) is 0 Å². The molecular weight excluding hydrogens is 368 g/mol. The zero-order valence-corrected chi connectivity index (χ0v) is 15.2. The van der Waals surface area contributed by atoms with E-state index in [0.29, 0.717) is 26.3 Å². The van der Waals surface area contributed by atoms with Crippen molar-refractivity contribution in [2.75, 3.05) is 14.2 Å². The maximum atomic E-state index is 11.7. The van der Waals surface area contributed by atoms with Gasteiger partial charge in [0.1, 0.15) is 4.88 Å². The largest absolute Gasteiger partial charge is 0.493 e. The molecule has 1 heterocycles. The summed E-state index contributed by atoms with van der Waals surface area (Å²) in [6.07, 6.45) is 0. The predicted octanol–water partition coefficient (Wildman–Crippen LogP) is 5.42. The van der Waals surface area contributed by atoms with Crippen LogP contribution in [0.2, 0.25) is 5.02 Å². The second kappa shape index (κ2) is 6.93. The number of aromatic carboxylic acids is 1. The zero-order chi connectivity index (χ0) is 17.3. The number of benzene rings is 2. The van der Waals surface area contributed by atoms with Gasteiger partial charge in [0.15, 0.2) is 11.5 Å². The van der Waals surface area contributed by atoms with E-state index in [2.05, 4.69) is 0 Å². The average Bonchev–Trinajstić information content (AvgIpc) is 2.93. The molecular formula is C17H13ClO4S2. The molecule has 0 unspecified atom stereocenters. The molecule has 0 saturated heterocycles. The Morgan fingerprint density at radius 2 is 1.75 bits per heavy atom. The molecule has 3 rings (SSSR count). The zero-order valence-electron chi connectivity index (χ0n) is 12.8. The minimum atomic E-state index is -0.953. The summed E-state index contributed by atoms with van der Waals surface area (Å²) in [5.41, 5.74) is 0. The third kappa shape index (κ3) is 3.17. The Bertz CT molecular complexity index is 903. The van der Waals surface area contributed by atoms with Gasteiger partial charge in [-0.15, -0.1) is 11.3 Å². The van der Waals surface area contributed by atoms with Gasteiger partial charge in [0, 0.05) is 31.0 Å². The van der Waals surface area contributed by atoms with Crippen molar-refractivity contribution in [2.45, 2.75) is 9.79 Å². The van der Waals surface area contributed by atoms with Crippen LogP contribution in [0.5, 0.6) is 11.5 Å². The number of hydrogen-bond donors (Lipinski definition) is 1. The summed E-state index contributed by atoms with van der Waals surface area (Å²) in [5.74, 6) is 0.189. The maximum Gasteiger partial charge on any atom is 0.347 e. The fourth-order valence-electron chi connectivity index (χ4n) is 2.26. The normalized spacial score (nSPS) is 10.8. The van der Waals surface area contributed by atoms with Gasteiger partial charge in [-0.2, -0.15) is 0 Å². The SMILES string of the molecule is COc1cc2sc(C(=O)O)c(Sc3ccc(Cl)cc3)c2cc1OC. The lowest BCUT2D eigenvalue weighted by atomic mass is 10.2. The monoisotopic (exact) mass is 380 g/mol. The maximum absolute atomic E-state index is 11.7. The van der Waals surface area contributed by atoms with Crippen LogP contribution in [-0.2, 0) is 0 Å². The lowest BCUT2D eigenvalue weighted by Crippen LogP contribution is -1.93. The molecule has 0 fully saturated rings. The molecule has 0 atom stereocenters. The van der Waals surface area contributed by atoms with E-state index in [0.717, 1.165) is 15.0 Å². The van der Waals surface area contributed by atoms with Crippen LogP contribution in [0.15, 0.2) is 46.2 Å². The minimum absolute atomic E-state index is 0.292. The molecule has 7 heteroatoms. The molecule has 0 aliphatic rings. The molecule has 4 nitrogen and oxygen atoms in total. The summed E-state index contributed by atoms with van der Waals surface area (Å²) in [6, 6.07) is 10.9. The number of methoxy groups -OCH3 is 2. The Balaban J connectivity index is 2.17. The summed E-state index contributed by atoms with van der Waals surface area (Å²) in [4.78, 5) is 13.5. The van der Waals surface area contributed by atoms with Crippen LogP contribution in [0.1, 0.15) is 9.67 Å². The Morgan fingerprint density at radius 3 is 2.33 bits per heavy atom. The molecule has 1 N–H and O–H groups in total. The van der Waals surface area contributed by atoms with Crippen molar-refractivity contribution in [1.82, 2.24) is 0 Å². The summed E-state index contributed by atoms with van der Waals surface area (Å²) in [5, 5.41) is 11.0. The van der Waals surface area contributed by atoms with Crippen molar-refractivity contribution in [3.63, 3.8) is 0 Å². The quantitative estimate of drug-likeness (QED) is 0.640. The minimum Gasteiger partial charge on any atom is -0.493 e. The van der Waals surface area contributed by atoms with Crippen LogP contribution < -0.4 is 9.47 Å². The fraction of sp³-hybridized carbons (Fsp3) is 0.118. The van der Waals surface area contributed by atoms with Crippen LogP contribution in [-0.4, -0.2) is 25.3 Å². The van der Waals surface area contributed by atoms with E-state index >= 15 is 0 Å². The van der Waals surface area contributed by atoms with Crippen molar-refractivity contribution in [3.05, 3.63) is 46.3 Å². The van der Waals surface area contributed by atoms with Crippen molar-refractivity contribution in [2.24, 2.45) is 0 Å². The molecule has 0 radical (unpaired) electrons. The Kier molecular flexibility index (Phi) is 4.89. The number of carbonyl (C=O) groups is 1. The first kappa shape index (κ1) is 17.0. The van der Waals surface area contributed by atoms with Crippen molar-refractivity contribution in [1.29, 1.82) is 0 Å². The van der Waals surface area contributed by atoms with Gasteiger partial charge in [-0.3, -0.25) is 0 Å². The molecule has 0 aliphatic carbocycles. The van der Waals surface area contributed by atoms with E-state index in [1.807, 2.05) is 18.2 Å². The van der Waals surface area contributed by atoms with Gasteiger partial charge in [0.2, 0.25) is 0 Å². The number of halogens is 1. The molecule has 124 valence electrons. The molecule has 0 aliphatic heterocycles. The van der Waals surface area contributed by atoms with Crippen molar-refractivity contribution < 1.29 is 19.4 Å². The Hall–Kier alpha value is -1.89. The number of rotatable bonds is 5. The van der Waals surface area contributed by atoms with Crippen LogP contribution >= 0.6 is 34.7 Å². The molecule has 24 heavy (non-hydrogen) atoms. The number of carboxylic acids is 1. The van der Waals surface area contributed by atoms with Gasteiger partial charge in [-0.25, -0.2) is 4.79 Å². The van der Waals surface area contributed by atoms with Gasteiger partial charge >= 0.3 is 5.97 Å². The van der Waals surface area contributed by atoms with Gasteiger partial charge in [-0.1, -0.05) is 23.4 Å². The van der Waals surface area contributed by atoms with E-state index < -0.39 is 5.97 Å². The molecule has 0 saturated carbocycles. The average molecular weight is 381 g/mol. The molecule has 1 aromatic heterocycles. The van der Waals surface area contributed by atoms with Crippen molar-refractivity contribution in [3.8, 4) is 11.5 Å². The number of hydrogen-bond acceptors (Lipinski definition) is 5. The standard InChI is InChI=1S/C17H13ClO4S2/c1-21-12-7-11-14(8-13(12)22-2)24-16(17(19)20)15(11)23-10-5-3-9(18)4-6-10/h3-8H,1-2H3,(H,19,20). The van der Waals surface area contributed by atoms with Gasteiger partial charge in [-0.05, 0) is 30.3 Å². The third-order valence-corrected chi connectivity index (χ3v) is 6.03. The van der Waals surface area contributed by atoms with E-state index in [1.54, 1.807) is 32.4 Å². The first-order chi connectivity index (χ1) is 11.5. The third-order valence-electron chi connectivity index (χ3n) is 3.38. The van der Waals surface area contributed by atoms with Gasteiger partial charge in [0.25, 0.3) is 0 Å². The lowest BCUT2D eigenvalue weighted by molar-refractivity contribution is 0.0699. The summed E-state index contributed by atoms with van der Waals surface area (Å²) < 4.78 is 11.5. The second-order valence-electron chi connectivity index (χ2n) is 4.82. The van der Waals surface area contributed by atoms with E-state index in [1.165, 1.54) is 23.1 Å². The van der Waals surface area contributed by atoms with Crippen LogP contribution in [0.25, 0.3) is 10.1 Å². The van der Waals surface area contributed by atoms with Gasteiger partial charge < -0.3 is 14.6 Å². The number of fused-ring (bicyclic) bond motifs is 1. The lowest BCUT2D eigenvalue weighted by Gasteiger charge is -2.08. The Labute approximate surface area is 152 Å². The highest BCUT2D eigenvalue weighted by Crippen LogP contribution is 2.45. The number of carboxylic acid groups (broad SMARTS) is 1. The second-order valence-corrected chi connectivity index (χ2v) is 7.40. The number of ether oxygens (including phenoxy) is 2. The first-order valence-corrected chi connectivity index (χ1v) is 8.89. The number of thiophene rings is 1. The summed E-state index contributed by atoms with van der Waals surface area (Å²) >= 11 is 8.53. The predicted molar refractivity (Wildman–Crippen MR) is 97.5 cm³/mol. The van der Waals surface area contributed by atoms with E-state index in [9.17, 15) is 9.90 Å². The smallest absolute Gasteiger partial charge is 0.347 e. The topological polar surface area (TPSA) is 55.8 Å². The highest BCUT2D eigenvalue weighted by molar-refractivity contribution is 7.99. The first-order valence-electron chi connectivity index (χ1n) is 6.88. The highest BCUT2D eigenvalue weighted by atomic mass is 35.5. The van der Waals surface area contributed by atoms with Crippen LogP contribution in [0.4, 0.5) is 0 Å².